The van der Waals surface area contributed by atoms with Crippen LogP contribution >= 0.6 is 0 Å². The molecule has 11 heavy (non-hydrogen) atoms. The maximum atomic E-state index is 11.0. The number of methoxy groups -OCH3 is 1. The second-order valence-electron chi connectivity index (χ2n) is 1.95. The molecule has 0 atom stereocenters. The Hall–Kier alpha value is -0.990. The van der Waals surface area contributed by atoms with Crippen LogP contribution in [-0.4, -0.2) is 19.7 Å². The van der Waals surface area contributed by atoms with E-state index in [1.165, 1.54) is 13.4 Å². The lowest BCUT2D eigenvalue weighted by Gasteiger charge is -2.02. The van der Waals surface area contributed by atoms with Gasteiger partial charge in [0.05, 0.1) is 25.6 Å². The molecular formula is C8H14O3. The summed E-state index contributed by atoms with van der Waals surface area (Å²) in [5, 5.41) is 0. The van der Waals surface area contributed by atoms with E-state index in [0.29, 0.717) is 18.6 Å². The summed E-state index contributed by atoms with van der Waals surface area (Å²) in [6.07, 6.45) is 2.05. The first-order chi connectivity index (χ1) is 5.26. The van der Waals surface area contributed by atoms with Gasteiger partial charge < -0.3 is 9.47 Å². The zero-order valence-electron chi connectivity index (χ0n) is 7.22. The van der Waals surface area contributed by atoms with Crippen molar-refractivity contribution in [1.82, 2.24) is 0 Å². The first-order valence-electron chi connectivity index (χ1n) is 3.65. The molecule has 0 aliphatic carbocycles. The van der Waals surface area contributed by atoms with E-state index in [-0.39, 0.29) is 5.97 Å². The number of carbonyl (C=O) groups excluding carboxylic acids is 1. The molecule has 0 saturated carbocycles. The number of rotatable bonds is 4. The zero-order valence-corrected chi connectivity index (χ0v) is 7.22. The van der Waals surface area contributed by atoms with E-state index >= 15 is 0 Å². The van der Waals surface area contributed by atoms with Crippen molar-refractivity contribution in [2.24, 2.45) is 0 Å². The van der Waals surface area contributed by atoms with Crippen molar-refractivity contribution in [1.29, 1.82) is 0 Å². The van der Waals surface area contributed by atoms with E-state index in [9.17, 15) is 4.79 Å². The summed E-state index contributed by atoms with van der Waals surface area (Å²) >= 11 is 0. The minimum atomic E-state index is -0.295. The van der Waals surface area contributed by atoms with Gasteiger partial charge in [-0.3, -0.25) is 0 Å². The Bertz CT molecular complexity index is 149. The molecule has 0 unspecified atom stereocenters. The highest BCUT2D eigenvalue weighted by atomic mass is 16.5. The molecule has 3 nitrogen and oxygen atoms in total. The number of ether oxygens (including phenoxy) is 2. The predicted octanol–water partition coefficient (Wildman–Crippen LogP) is 1.49. The summed E-state index contributed by atoms with van der Waals surface area (Å²) in [4.78, 5) is 11.0. The highest BCUT2D eigenvalue weighted by molar-refractivity contribution is 5.87. The van der Waals surface area contributed by atoms with E-state index in [4.69, 9.17) is 9.47 Å². The van der Waals surface area contributed by atoms with Gasteiger partial charge in [0.2, 0.25) is 0 Å². The van der Waals surface area contributed by atoms with E-state index < -0.39 is 0 Å². The molecule has 0 bridgehead atoms. The molecule has 0 saturated heterocycles. The zero-order chi connectivity index (χ0) is 8.69. The monoisotopic (exact) mass is 158 g/mol. The van der Waals surface area contributed by atoms with Gasteiger partial charge in [-0.15, -0.1) is 0 Å². The van der Waals surface area contributed by atoms with Gasteiger partial charge in [0.15, 0.2) is 0 Å². The van der Waals surface area contributed by atoms with Crippen molar-refractivity contribution < 1.29 is 14.3 Å². The van der Waals surface area contributed by atoms with Crippen LogP contribution in [0.4, 0.5) is 0 Å². The molecule has 0 aromatic heterocycles. The SMILES string of the molecule is CCOC(=O)C(=COC)CC. The highest BCUT2D eigenvalue weighted by Crippen LogP contribution is 2.02. The number of hydrogen-bond donors (Lipinski definition) is 0. The fraction of sp³-hybridized carbons (Fsp3) is 0.625. The Morgan fingerprint density at radius 1 is 1.45 bits per heavy atom. The van der Waals surface area contributed by atoms with Gasteiger partial charge in [-0.05, 0) is 13.3 Å². The molecule has 0 N–H and O–H groups in total. The number of carbonyl (C=O) groups is 1. The Morgan fingerprint density at radius 3 is 2.45 bits per heavy atom. The Balaban J connectivity index is 4.03. The quantitative estimate of drug-likeness (QED) is 0.353. The predicted molar refractivity (Wildman–Crippen MR) is 42.0 cm³/mol. The lowest BCUT2D eigenvalue weighted by Crippen LogP contribution is -2.07. The third-order valence-electron chi connectivity index (χ3n) is 1.18. The smallest absolute Gasteiger partial charge is 0.337 e. The van der Waals surface area contributed by atoms with Crippen LogP contribution in [0.25, 0.3) is 0 Å². The molecule has 0 aromatic carbocycles. The topological polar surface area (TPSA) is 35.5 Å². The Labute approximate surface area is 67.0 Å². The highest BCUT2D eigenvalue weighted by Gasteiger charge is 2.07. The first kappa shape index (κ1) is 10.0. The molecule has 0 aromatic rings. The second-order valence-corrected chi connectivity index (χ2v) is 1.95. The Morgan fingerprint density at radius 2 is 2.09 bits per heavy atom. The van der Waals surface area contributed by atoms with Crippen molar-refractivity contribution in [2.75, 3.05) is 13.7 Å². The Kier molecular flexibility index (Phi) is 5.25. The summed E-state index contributed by atoms with van der Waals surface area (Å²) in [7, 11) is 1.51. The molecule has 0 fully saturated rings. The fourth-order valence-electron chi connectivity index (χ4n) is 0.642. The van der Waals surface area contributed by atoms with Crippen molar-refractivity contribution in [3.8, 4) is 0 Å². The maximum absolute atomic E-state index is 11.0. The molecule has 0 spiro atoms. The fourth-order valence-corrected chi connectivity index (χ4v) is 0.642. The normalized spacial score (nSPS) is 11.0. The van der Waals surface area contributed by atoms with E-state index in [0.717, 1.165) is 0 Å². The third kappa shape index (κ3) is 3.65. The van der Waals surface area contributed by atoms with E-state index in [1.54, 1.807) is 6.92 Å². The molecule has 64 valence electrons. The summed E-state index contributed by atoms with van der Waals surface area (Å²) in [5.41, 5.74) is 0.564. The maximum Gasteiger partial charge on any atom is 0.337 e. The van der Waals surface area contributed by atoms with Gasteiger partial charge in [-0.1, -0.05) is 6.92 Å². The van der Waals surface area contributed by atoms with Gasteiger partial charge in [0.1, 0.15) is 0 Å². The van der Waals surface area contributed by atoms with Gasteiger partial charge in [0, 0.05) is 0 Å². The minimum absolute atomic E-state index is 0.295. The van der Waals surface area contributed by atoms with Crippen LogP contribution in [0.15, 0.2) is 11.8 Å². The van der Waals surface area contributed by atoms with Gasteiger partial charge in [-0.2, -0.15) is 0 Å². The average Bonchev–Trinajstić information content (AvgIpc) is 2.00. The molecule has 0 radical (unpaired) electrons. The summed E-state index contributed by atoms with van der Waals surface area (Å²) < 4.78 is 9.46. The van der Waals surface area contributed by atoms with Crippen LogP contribution in [0.2, 0.25) is 0 Å². The van der Waals surface area contributed by atoms with Gasteiger partial charge >= 0.3 is 5.97 Å². The van der Waals surface area contributed by atoms with E-state index in [2.05, 4.69) is 0 Å². The molecule has 0 aliphatic rings. The van der Waals surface area contributed by atoms with Crippen molar-refractivity contribution >= 4 is 5.97 Å². The van der Waals surface area contributed by atoms with Crippen molar-refractivity contribution in [3.05, 3.63) is 11.8 Å². The second kappa shape index (κ2) is 5.77. The summed E-state index contributed by atoms with van der Waals surface area (Å²) in [6.45, 7) is 4.06. The number of hydrogen-bond acceptors (Lipinski definition) is 3. The van der Waals surface area contributed by atoms with Gasteiger partial charge in [0.25, 0.3) is 0 Å². The minimum Gasteiger partial charge on any atom is -0.504 e. The standard InChI is InChI=1S/C8H14O3/c1-4-7(6-10-3)8(9)11-5-2/h6H,4-5H2,1-3H3. The number of esters is 1. The van der Waals surface area contributed by atoms with Crippen LogP contribution < -0.4 is 0 Å². The van der Waals surface area contributed by atoms with Crippen LogP contribution in [-0.2, 0) is 14.3 Å². The first-order valence-corrected chi connectivity index (χ1v) is 3.65. The molecule has 0 heterocycles. The lowest BCUT2D eigenvalue weighted by atomic mass is 10.2. The van der Waals surface area contributed by atoms with Crippen LogP contribution in [0.3, 0.4) is 0 Å². The molecular weight excluding hydrogens is 144 g/mol. The van der Waals surface area contributed by atoms with Gasteiger partial charge in [-0.25, -0.2) is 4.79 Å². The molecule has 0 aliphatic heterocycles. The largest absolute Gasteiger partial charge is 0.504 e. The summed E-state index contributed by atoms with van der Waals surface area (Å²) in [5.74, 6) is -0.295. The average molecular weight is 158 g/mol. The summed E-state index contributed by atoms with van der Waals surface area (Å²) in [6, 6.07) is 0. The van der Waals surface area contributed by atoms with Crippen molar-refractivity contribution in [3.63, 3.8) is 0 Å². The molecule has 0 rings (SSSR count). The van der Waals surface area contributed by atoms with Crippen LogP contribution in [0, 0.1) is 0 Å². The van der Waals surface area contributed by atoms with Crippen molar-refractivity contribution in [2.45, 2.75) is 20.3 Å². The molecule has 3 heteroatoms. The lowest BCUT2D eigenvalue weighted by molar-refractivity contribution is -0.138. The molecule has 0 amide bonds. The third-order valence-corrected chi connectivity index (χ3v) is 1.18. The van der Waals surface area contributed by atoms with Crippen LogP contribution in [0.1, 0.15) is 20.3 Å². The van der Waals surface area contributed by atoms with Crippen LogP contribution in [0.5, 0.6) is 0 Å². The van der Waals surface area contributed by atoms with E-state index in [1.807, 2.05) is 6.92 Å².